The standard InChI is InChI=1S/C32H32ClF3N4O2/c1-40-14-12-20(13-15-40)2-3-21-6-8-25(18-28(21)32(34,35)36)39-31(41)24-7-11-29(33)22(16-24)4-5-23-17-27(19-38-30(23)37)42-26-9-10-26/h6-8,11,16-20,26H,2-3,9-10,12-15H2,1H3,(H2,37,38)(H,39,41). The van der Waals surface area contributed by atoms with E-state index in [1.807, 2.05) is 0 Å². The van der Waals surface area contributed by atoms with Crippen molar-refractivity contribution in [3.63, 3.8) is 0 Å². The minimum Gasteiger partial charge on any atom is -0.489 e. The van der Waals surface area contributed by atoms with Crippen LogP contribution in [0.5, 0.6) is 5.75 Å². The van der Waals surface area contributed by atoms with Gasteiger partial charge in [-0.1, -0.05) is 29.5 Å². The number of rotatable bonds is 7. The zero-order valence-electron chi connectivity index (χ0n) is 23.2. The summed E-state index contributed by atoms with van der Waals surface area (Å²) in [5.74, 6) is 6.47. The van der Waals surface area contributed by atoms with Gasteiger partial charge in [0.15, 0.2) is 0 Å². The third-order valence-corrected chi connectivity index (χ3v) is 7.94. The van der Waals surface area contributed by atoms with Crippen molar-refractivity contribution in [1.82, 2.24) is 9.88 Å². The average molecular weight is 597 g/mol. The summed E-state index contributed by atoms with van der Waals surface area (Å²) >= 11 is 6.32. The van der Waals surface area contributed by atoms with Gasteiger partial charge in [-0.25, -0.2) is 4.98 Å². The smallest absolute Gasteiger partial charge is 0.416 e. The molecule has 1 saturated carbocycles. The summed E-state index contributed by atoms with van der Waals surface area (Å²) in [5, 5.41) is 2.90. The zero-order chi connectivity index (χ0) is 29.9. The van der Waals surface area contributed by atoms with Crippen LogP contribution in [0.25, 0.3) is 0 Å². The average Bonchev–Trinajstić information content (AvgIpc) is 3.77. The van der Waals surface area contributed by atoms with Gasteiger partial charge in [-0.05, 0) is 100 Å². The fraction of sp³-hybridized carbons (Fsp3) is 0.375. The van der Waals surface area contributed by atoms with Gasteiger partial charge in [0.05, 0.1) is 28.5 Å². The van der Waals surface area contributed by atoms with E-state index in [2.05, 4.69) is 34.1 Å². The molecule has 1 aliphatic heterocycles. The molecule has 1 aromatic heterocycles. The van der Waals surface area contributed by atoms with Crippen molar-refractivity contribution in [2.24, 2.45) is 5.92 Å². The molecule has 10 heteroatoms. The second kappa shape index (κ2) is 12.6. The van der Waals surface area contributed by atoms with Crippen LogP contribution in [0.4, 0.5) is 24.7 Å². The summed E-state index contributed by atoms with van der Waals surface area (Å²) in [5.41, 5.74) is 6.55. The Morgan fingerprint density at radius 3 is 2.55 bits per heavy atom. The molecule has 42 heavy (non-hydrogen) atoms. The lowest BCUT2D eigenvalue weighted by Gasteiger charge is -2.29. The van der Waals surface area contributed by atoms with Crippen LogP contribution in [0.1, 0.15) is 64.7 Å². The Kier molecular flexibility index (Phi) is 8.95. The van der Waals surface area contributed by atoms with Crippen LogP contribution in [0.15, 0.2) is 48.7 Å². The Hall–Kier alpha value is -3.74. The van der Waals surface area contributed by atoms with E-state index in [-0.39, 0.29) is 28.7 Å². The van der Waals surface area contributed by atoms with Gasteiger partial charge in [0, 0.05) is 22.9 Å². The molecule has 3 N–H and O–H groups in total. The maximum Gasteiger partial charge on any atom is 0.416 e. The van der Waals surface area contributed by atoms with E-state index >= 15 is 0 Å². The monoisotopic (exact) mass is 596 g/mol. The number of nitrogens with one attached hydrogen (secondary N) is 1. The first-order valence-electron chi connectivity index (χ1n) is 14.0. The first-order valence-corrected chi connectivity index (χ1v) is 14.4. The fourth-order valence-electron chi connectivity index (χ4n) is 4.95. The number of hydrogen-bond donors (Lipinski definition) is 2. The normalized spacial score (nSPS) is 16.0. The lowest BCUT2D eigenvalue weighted by Crippen LogP contribution is -2.30. The fourth-order valence-corrected chi connectivity index (χ4v) is 5.11. The van der Waals surface area contributed by atoms with Gasteiger partial charge in [0.2, 0.25) is 0 Å². The van der Waals surface area contributed by atoms with Crippen molar-refractivity contribution in [2.45, 2.75) is 50.8 Å². The van der Waals surface area contributed by atoms with Gasteiger partial charge in [0.1, 0.15) is 11.6 Å². The van der Waals surface area contributed by atoms with Crippen molar-refractivity contribution >= 4 is 29.0 Å². The van der Waals surface area contributed by atoms with Crippen molar-refractivity contribution < 1.29 is 22.7 Å². The second-order valence-corrected chi connectivity index (χ2v) is 11.4. The number of aromatic nitrogens is 1. The van der Waals surface area contributed by atoms with Crippen molar-refractivity contribution in [3.05, 3.63) is 81.5 Å². The lowest BCUT2D eigenvalue weighted by molar-refractivity contribution is -0.138. The van der Waals surface area contributed by atoms with Gasteiger partial charge in [0.25, 0.3) is 5.91 Å². The number of carbonyl (C=O) groups is 1. The first-order chi connectivity index (χ1) is 20.0. The highest BCUT2D eigenvalue weighted by molar-refractivity contribution is 6.32. The number of anilines is 2. The van der Waals surface area contributed by atoms with Crippen LogP contribution < -0.4 is 15.8 Å². The Labute approximate surface area is 248 Å². The van der Waals surface area contributed by atoms with Crippen LogP contribution in [-0.4, -0.2) is 42.0 Å². The summed E-state index contributed by atoms with van der Waals surface area (Å²) in [6.07, 6.45) is 2.21. The maximum atomic E-state index is 14.0. The molecule has 3 aromatic rings. The number of pyridine rings is 1. The number of alkyl halides is 3. The summed E-state index contributed by atoms with van der Waals surface area (Å²) in [6.45, 7) is 1.93. The van der Waals surface area contributed by atoms with E-state index in [0.29, 0.717) is 40.7 Å². The summed E-state index contributed by atoms with van der Waals surface area (Å²) in [6, 6.07) is 10.2. The number of carbonyl (C=O) groups excluding carboxylic acids is 1. The van der Waals surface area contributed by atoms with Crippen LogP contribution in [0.2, 0.25) is 5.02 Å². The largest absolute Gasteiger partial charge is 0.489 e. The van der Waals surface area contributed by atoms with Crippen LogP contribution in [-0.2, 0) is 12.6 Å². The highest BCUT2D eigenvalue weighted by Gasteiger charge is 2.34. The molecule has 2 aromatic carbocycles. The van der Waals surface area contributed by atoms with Crippen molar-refractivity contribution in [3.8, 4) is 17.6 Å². The zero-order valence-corrected chi connectivity index (χ0v) is 24.0. The second-order valence-electron chi connectivity index (χ2n) is 11.0. The molecule has 2 aliphatic rings. The van der Waals surface area contributed by atoms with E-state index in [1.54, 1.807) is 12.3 Å². The third-order valence-electron chi connectivity index (χ3n) is 7.61. The summed E-state index contributed by atoms with van der Waals surface area (Å²) in [4.78, 5) is 19.4. The molecule has 5 rings (SSSR count). The van der Waals surface area contributed by atoms with E-state index < -0.39 is 17.6 Å². The number of aryl methyl sites for hydroxylation is 1. The number of ether oxygens (including phenoxy) is 1. The maximum absolute atomic E-state index is 14.0. The molecule has 0 spiro atoms. The topological polar surface area (TPSA) is 80.5 Å². The molecule has 6 nitrogen and oxygen atoms in total. The molecule has 1 amide bonds. The minimum absolute atomic E-state index is 0.0595. The SMILES string of the molecule is CN1CCC(CCc2ccc(NC(=O)c3ccc(Cl)c(C#Cc4cc(OC5CC5)cnc4N)c3)cc2C(F)(F)F)CC1. The van der Waals surface area contributed by atoms with Gasteiger partial charge in [-0.15, -0.1) is 0 Å². The summed E-state index contributed by atoms with van der Waals surface area (Å²) < 4.78 is 47.7. The van der Waals surface area contributed by atoms with E-state index in [0.717, 1.165) is 44.8 Å². The molecule has 0 radical (unpaired) electrons. The van der Waals surface area contributed by atoms with Gasteiger partial charge in [-0.3, -0.25) is 4.79 Å². The minimum atomic E-state index is -4.54. The number of halogens is 4. The van der Waals surface area contributed by atoms with E-state index in [9.17, 15) is 18.0 Å². The summed E-state index contributed by atoms with van der Waals surface area (Å²) in [7, 11) is 2.06. The van der Waals surface area contributed by atoms with Crippen molar-refractivity contribution in [1.29, 1.82) is 0 Å². The molecular weight excluding hydrogens is 565 g/mol. The van der Waals surface area contributed by atoms with Crippen LogP contribution in [0.3, 0.4) is 0 Å². The number of nitrogen functional groups attached to an aromatic ring is 1. The van der Waals surface area contributed by atoms with Gasteiger partial charge in [-0.2, -0.15) is 13.2 Å². The predicted molar refractivity (Wildman–Crippen MR) is 158 cm³/mol. The lowest BCUT2D eigenvalue weighted by atomic mass is 9.89. The number of piperidine rings is 1. The number of benzene rings is 2. The number of nitrogens with two attached hydrogens (primary N) is 1. The Bertz CT molecular complexity index is 1520. The molecule has 1 saturated heterocycles. The predicted octanol–water partition coefficient (Wildman–Crippen LogP) is 6.80. The third kappa shape index (κ3) is 7.75. The molecule has 0 bridgehead atoms. The first kappa shape index (κ1) is 29.7. The molecule has 1 aliphatic carbocycles. The number of amides is 1. The quantitative estimate of drug-likeness (QED) is 0.293. The Morgan fingerprint density at radius 2 is 1.83 bits per heavy atom. The Morgan fingerprint density at radius 1 is 1.10 bits per heavy atom. The highest BCUT2D eigenvalue weighted by atomic mass is 35.5. The molecule has 0 atom stereocenters. The highest BCUT2D eigenvalue weighted by Crippen LogP contribution is 2.35. The molecule has 2 fully saturated rings. The molecule has 0 unspecified atom stereocenters. The number of nitrogens with zero attached hydrogens (tertiary/aromatic N) is 2. The molecule has 2 heterocycles. The van der Waals surface area contributed by atoms with E-state index in [4.69, 9.17) is 22.1 Å². The van der Waals surface area contributed by atoms with Crippen molar-refractivity contribution in [2.75, 3.05) is 31.2 Å². The van der Waals surface area contributed by atoms with Crippen LogP contribution >= 0.6 is 11.6 Å². The molecule has 220 valence electrons. The van der Waals surface area contributed by atoms with E-state index in [1.165, 1.54) is 30.3 Å². The number of likely N-dealkylation sites (tertiary alicyclic amines) is 1. The van der Waals surface area contributed by atoms with Gasteiger partial charge < -0.3 is 20.7 Å². The van der Waals surface area contributed by atoms with Crippen LogP contribution in [0, 0.1) is 17.8 Å². The Balaban J connectivity index is 1.30. The van der Waals surface area contributed by atoms with Gasteiger partial charge >= 0.3 is 6.18 Å². The molecular formula is C32H32ClF3N4O2. The number of hydrogen-bond acceptors (Lipinski definition) is 5.